The maximum atomic E-state index is 12.9. The number of hydrogen-bond donors (Lipinski definition) is 0. The highest BCUT2D eigenvalue weighted by atomic mass is 16.5. The highest BCUT2D eigenvalue weighted by molar-refractivity contribution is 5.95. The second-order valence-corrected chi connectivity index (χ2v) is 8.36. The van der Waals surface area contributed by atoms with Crippen LogP contribution in [0.1, 0.15) is 50.6 Å². The van der Waals surface area contributed by atoms with Gasteiger partial charge in [-0.05, 0) is 17.5 Å². The minimum atomic E-state index is -1.36. The molecule has 3 heterocycles. The fourth-order valence-corrected chi connectivity index (χ4v) is 3.74. The van der Waals surface area contributed by atoms with Crippen molar-refractivity contribution in [2.45, 2.75) is 51.8 Å². The Hall–Kier alpha value is -2.35. The average Bonchev–Trinajstić information content (AvgIpc) is 3.22. The highest BCUT2D eigenvalue weighted by Gasteiger charge is 2.53. The molecule has 3 rings (SSSR count). The first-order valence-electron chi connectivity index (χ1n) is 9.13. The van der Waals surface area contributed by atoms with Crippen LogP contribution in [0.3, 0.4) is 0 Å². The predicted octanol–water partition coefficient (Wildman–Crippen LogP) is 0.625. The van der Waals surface area contributed by atoms with E-state index in [0.29, 0.717) is 32.4 Å². The summed E-state index contributed by atoms with van der Waals surface area (Å²) in [6.45, 7) is 6.68. The third kappa shape index (κ3) is 3.85. The second kappa shape index (κ2) is 6.99. The molecule has 8 heteroatoms. The summed E-state index contributed by atoms with van der Waals surface area (Å²) < 4.78 is 11.0. The highest BCUT2D eigenvalue weighted by Crippen LogP contribution is 2.38. The lowest BCUT2D eigenvalue weighted by molar-refractivity contribution is -0.310. The molecule has 1 aromatic heterocycles. The smallest absolute Gasteiger partial charge is 0.292 e. The van der Waals surface area contributed by atoms with Gasteiger partial charge in [0.05, 0.1) is 24.9 Å². The van der Waals surface area contributed by atoms with Crippen LogP contribution in [0.25, 0.3) is 0 Å². The fourth-order valence-electron chi connectivity index (χ4n) is 3.74. The van der Waals surface area contributed by atoms with E-state index in [1.807, 2.05) is 20.8 Å². The Balaban J connectivity index is 1.77. The van der Waals surface area contributed by atoms with Gasteiger partial charge in [0, 0.05) is 32.4 Å². The average molecular weight is 377 g/mol. The molecule has 0 unspecified atom stereocenters. The lowest BCUT2D eigenvalue weighted by Gasteiger charge is -2.44. The van der Waals surface area contributed by atoms with Crippen molar-refractivity contribution in [3.63, 3.8) is 0 Å². The van der Waals surface area contributed by atoms with E-state index in [0.717, 1.165) is 0 Å². The number of ether oxygens (including phenoxy) is 1. The van der Waals surface area contributed by atoms with Crippen molar-refractivity contribution < 1.29 is 28.6 Å². The summed E-state index contributed by atoms with van der Waals surface area (Å²) in [6, 6.07) is 1.88. The number of carboxylic acid groups (broad SMARTS) is 1. The van der Waals surface area contributed by atoms with Gasteiger partial charge in [-0.15, -0.1) is 0 Å². The van der Waals surface area contributed by atoms with E-state index >= 15 is 0 Å². The Morgan fingerprint density at radius 3 is 2.44 bits per heavy atom. The molecule has 0 radical (unpaired) electrons. The first-order valence-corrected chi connectivity index (χ1v) is 9.13. The van der Waals surface area contributed by atoms with Crippen LogP contribution in [0.2, 0.25) is 0 Å². The summed E-state index contributed by atoms with van der Waals surface area (Å²) >= 11 is 0. The number of likely N-dealkylation sites (tertiary alicyclic amines) is 1. The number of nitrogens with zero attached hydrogens (tertiary/aromatic N) is 2. The lowest BCUT2D eigenvalue weighted by Crippen LogP contribution is -2.60. The van der Waals surface area contributed by atoms with Crippen molar-refractivity contribution in [3.8, 4) is 0 Å². The normalized spacial score (nSPS) is 22.3. The third-order valence-corrected chi connectivity index (χ3v) is 5.06. The standard InChI is InChI=1S/C19H26N2O6/c1-18(2,3)11-15(22)20-8-6-19(7-9-20)21(13(12-27-19)17(24)25)16(23)14-5-4-10-26-14/h4-5,10,13H,6-9,11-12H2,1-3H3,(H,24,25)/p-1/t13-/m1/s1. The SMILES string of the molecule is CC(C)(C)CC(=O)N1CCC2(CC1)OC[C@H](C(=O)[O-])N2C(=O)c1ccco1. The van der Waals surface area contributed by atoms with Gasteiger partial charge in [-0.2, -0.15) is 0 Å². The summed E-state index contributed by atoms with van der Waals surface area (Å²) in [5, 5.41) is 11.6. The van der Waals surface area contributed by atoms with Crippen LogP contribution >= 0.6 is 0 Å². The van der Waals surface area contributed by atoms with Gasteiger partial charge in [0.1, 0.15) is 5.72 Å². The van der Waals surface area contributed by atoms with Gasteiger partial charge < -0.3 is 24.0 Å². The van der Waals surface area contributed by atoms with Crippen LogP contribution in [-0.4, -0.2) is 59.0 Å². The maximum absolute atomic E-state index is 12.9. The van der Waals surface area contributed by atoms with Gasteiger partial charge in [-0.1, -0.05) is 20.8 Å². The number of rotatable bonds is 3. The molecule has 2 amide bonds. The molecule has 1 spiro atoms. The molecule has 8 nitrogen and oxygen atoms in total. The van der Waals surface area contributed by atoms with Crippen molar-refractivity contribution >= 4 is 17.8 Å². The van der Waals surface area contributed by atoms with Gasteiger partial charge in [-0.25, -0.2) is 0 Å². The van der Waals surface area contributed by atoms with Crippen LogP contribution in [0.5, 0.6) is 0 Å². The number of carbonyl (C=O) groups excluding carboxylic acids is 3. The molecule has 2 aliphatic heterocycles. The van der Waals surface area contributed by atoms with Crippen molar-refractivity contribution in [3.05, 3.63) is 24.2 Å². The Bertz CT molecular complexity index is 713. The van der Waals surface area contributed by atoms with Gasteiger partial charge in [0.15, 0.2) is 5.76 Å². The Kier molecular flexibility index (Phi) is 5.03. The first kappa shape index (κ1) is 19.4. The zero-order chi connectivity index (χ0) is 19.8. The molecule has 0 N–H and O–H groups in total. The molecular formula is C19H25N2O6-. The van der Waals surface area contributed by atoms with E-state index in [4.69, 9.17) is 9.15 Å². The Morgan fingerprint density at radius 1 is 1.26 bits per heavy atom. The van der Waals surface area contributed by atoms with E-state index in [1.165, 1.54) is 17.2 Å². The van der Waals surface area contributed by atoms with E-state index in [1.54, 1.807) is 11.0 Å². The number of carboxylic acids is 1. The summed E-state index contributed by atoms with van der Waals surface area (Å²) in [7, 11) is 0. The molecule has 148 valence electrons. The largest absolute Gasteiger partial charge is 0.548 e. The molecule has 2 fully saturated rings. The minimum Gasteiger partial charge on any atom is -0.548 e. The number of hydrogen-bond acceptors (Lipinski definition) is 6. The summed E-state index contributed by atoms with van der Waals surface area (Å²) in [5.41, 5.74) is -1.18. The van der Waals surface area contributed by atoms with Gasteiger partial charge in [0.2, 0.25) is 5.91 Å². The number of carbonyl (C=O) groups is 3. The maximum Gasteiger partial charge on any atom is 0.292 e. The van der Waals surface area contributed by atoms with Crippen LogP contribution in [0, 0.1) is 5.41 Å². The number of aliphatic carboxylic acids is 1. The molecule has 0 aromatic carbocycles. The molecule has 27 heavy (non-hydrogen) atoms. The molecule has 1 atom stereocenters. The number of piperidine rings is 1. The molecule has 2 saturated heterocycles. The second-order valence-electron chi connectivity index (χ2n) is 8.36. The molecule has 2 aliphatic rings. The van der Waals surface area contributed by atoms with Crippen LogP contribution < -0.4 is 5.11 Å². The van der Waals surface area contributed by atoms with Gasteiger partial charge >= 0.3 is 0 Å². The first-order chi connectivity index (χ1) is 12.6. The van der Waals surface area contributed by atoms with Crippen molar-refractivity contribution in [1.29, 1.82) is 0 Å². The summed E-state index contributed by atoms with van der Waals surface area (Å²) in [6.07, 6.45) is 2.48. The van der Waals surface area contributed by atoms with Crippen molar-refractivity contribution in [2.24, 2.45) is 5.41 Å². The predicted molar refractivity (Wildman–Crippen MR) is 92.2 cm³/mol. The van der Waals surface area contributed by atoms with Crippen molar-refractivity contribution in [1.82, 2.24) is 9.80 Å². The molecule has 0 aliphatic carbocycles. The minimum absolute atomic E-state index is 0.0516. The van der Waals surface area contributed by atoms with Crippen LogP contribution in [0.4, 0.5) is 0 Å². The third-order valence-electron chi connectivity index (χ3n) is 5.06. The van der Waals surface area contributed by atoms with E-state index < -0.39 is 23.6 Å². The van der Waals surface area contributed by atoms with Gasteiger partial charge in [-0.3, -0.25) is 14.5 Å². The molecule has 1 aromatic rings. The number of furan rings is 1. The number of amides is 2. The quantitative estimate of drug-likeness (QED) is 0.765. The Morgan fingerprint density at radius 2 is 1.93 bits per heavy atom. The lowest BCUT2D eigenvalue weighted by atomic mass is 9.90. The van der Waals surface area contributed by atoms with Crippen LogP contribution in [0.15, 0.2) is 22.8 Å². The fraction of sp³-hybridized carbons (Fsp3) is 0.632. The molecule has 0 saturated carbocycles. The van der Waals surface area contributed by atoms with E-state index in [2.05, 4.69) is 0 Å². The molecular weight excluding hydrogens is 352 g/mol. The van der Waals surface area contributed by atoms with E-state index in [-0.39, 0.29) is 23.7 Å². The zero-order valence-corrected chi connectivity index (χ0v) is 15.9. The zero-order valence-electron chi connectivity index (χ0n) is 15.9. The van der Waals surface area contributed by atoms with Gasteiger partial charge in [0.25, 0.3) is 5.91 Å². The van der Waals surface area contributed by atoms with E-state index in [9.17, 15) is 19.5 Å². The monoisotopic (exact) mass is 377 g/mol. The Labute approximate surface area is 158 Å². The topological polar surface area (TPSA) is 103 Å². The summed E-state index contributed by atoms with van der Waals surface area (Å²) in [4.78, 5) is 39.9. The molecule has 0 bridgehead atoms. The van der Waals surface area contributed by atoms with Crippen LogP contribution in [-0.2, 0) is 14.3 Å². The van der Waals surface area contributed by atoms with Crippen molar-refractivity contribution in [2.75, 3.05) is 19.7 Å². The summed E-state index contributed by atoms with van der Waals surface area (Å²) in [5.74, 6) is -1.80.